The first-order valence-corrected chi connectivity index (χ1v) is 8.82. The Morgan fingerprint density at radius 1 is 1.31 bits per heavy atom. The summed E-state index contributed by atoms with van der Waals surface area (Å²) in [5.41, 5.74) is 1.92. The van der Waals surface area contributed by atoms with Crippen LogP contribution in [0, 0.1) is 0 Å². The summed E-state index contributed by atoms with van der Waals surface area (Å²) in [6.07, 6.45) is 5.59. The highest BCUT2D eigenvalue weighted by molar-refractivity contribution is 6.00. The zero-order valence-corrected chi connectivity index (χ0v) is 15.1. The number of hydrogen-bond acceptors (Lipinski definition) is 4. The molecule has 0 spiro atoms. The molecule has 1 saturated heterocycles. The second kappa shape index (κ2) is 8.03. The van der Waals surface area contributed by atoms with Crippen LogP contribution in [0.1, 0.15) is 25.3 Å². The summed E-state index contributed by atoms with van der Waals surface area (Å²) in [5, 5.41) is 6.67. The molecule has 2 aromatic rings. The molecule has 0 radical (unpaired) electrons. The molecule has 1 aromatic heterocycles. The van der Waals surface area contributed by atoms with E-state index in [1.165, 1.54) is 0 Å². The number of benzene rings is 1. The van der Waals surface area contributed by atoms with Crippen molar-refractivity contribution in [1.29, 1.82) is 0 Å². The van der Waals surface area contributed by atoms with Gasteiger partial charge in [-0.2, -0.15) is 5.10 Å². The zero-order valence-electron chi connectivity index (χ0n) is 15.1. The van der Waals surface area contributed by atoms with Crippen LogP contribution < -0.4 is 9.64 Å². The van der Waals surface area contributed by atoms with Crippen LogP contribution in [0.2, 0.25) is 0 Å². The van der Waals surface area contributed by atoms with Crippen LogP contribution in [-0.2, 0) is 16.0 Å². The van der Waals surface area contributed by atoms with Gasteiger partial charge >= 0.3 is 0 Å². The van der Waals surface area contributed by atoms with Crippen molar-refractivity contribution in [3.05, 3.63) is 42.2 Å². The van der Waals surface area contributed by atoms with Gasteiger partial charge in [0.25, 0.3) is 0 Å². The Labute approximate surface area is 152 Å². The Kier molecular flexibility index (Phi) is 5.55. The fourth-order valence-corrected chi connectivity index (χ4v) is 3.23. The summed E-state index contributed by atoms with van der Waals surface area (Å²) in [7, 11) is 1.61. The summed E-state index contributed by atoms with van der Waals surface area (Å²) in [6, 6.07) is 6.95. The number of nitrogens with zero attached hydrogens (tertiary/aromatic N) is 3. The third-order valence-electron chi connectivity index (χ3n) is 4.77. The molecule has 0 aliphatic carbocycles. The minimum absolute atomic E-state index is 0.0312. The molecule has 1 aromatic carbocycles. The first kappa shape index (κ1) is 18.0. The van der Waals surface area contributed by atoms with Gasteiger partial charge < -0.3 is 14.5 Å². The second-order valence-electron chi connectivity index (χ2n) is 6.41. The number of aromatic nitrogens is 2. The number of carbonyl (C=O) groups is 2. The van der Waals surface area contributed by atoms with Gasteiger partial charge in [-0.1, -0.05) is 0 Å². The van der Waals surface area contributed by atoms with Crippen molar-refractivity contribution in [2.45, 2.75) is 32.2 Å². The van der Waals surface area contributed by atoms with E-state index in [9.17, 15) is 9.59 Å². The molecule has 3 rings (SSSR count). The maximum Gasteiger partial charge on any atom is 0.249 e. The summed E-state index contributed by atoms with van der Waals surface area (Å²) in [5.74, 6) is 0.731. The van der Waals surface area contributed by atoms with Crippen molar-refractivity contribution < 1.29 is 14.3 Å². The van der Waals surface area contributed by atoms with Crippen LogP contribution >= 0.6 is 0 Å². The number of hydrogen-bond donors (Lipinski definition) is 1. The van der Waals surface area contributed by atoms with Crippen LogP contribution in [0.5, 0.6) is 5.75 Å². The molecule has 0 bridgehead atoms. The molecule has 1 aliphatic heterocycles. The highest BCUT2D eigenvalue weighted by Gasteiger charge is 2.34. The van der Waals surface area contributed by atoms with Crippen molar-refractivity contribution in [2.24, 2.45) is 0 Å². The molecule has 7 heteroatoms. The fourth-order valence-electron chi connectivity index (χ4n) is 3.23. The summed E-state index contributed by atoms with van der Waals surface area (Å²) < 4.78 is 5.16. The van der Waals surface area contributed by atoms with Gasteiger partial charge in [0.1, 0.15) is 11.8 Å². The number of nitrogens with one attached hydrogen (secondary N) is 1. The lowest BCUT2D eigenvalue weighted by molar-refractivity contribution is -0.140. The molecule has 2 amide bonds. The lowest BCUT2D eigenvalue weighted by Crippen LogP contribution is -2.57. The number of carbonyl (C=O) groups excluding carboxylic acids is 2. The molecule has 2 heterocycles. The molecule has 1 N–H and O–H groups in total. The van der Waals surface area contributed by atoms with Gasteiger partial charge in [0.15, 0.2) is 0 Å². The number of piperazine rings is 1. The number of ether oxygens (including phenoxy) is 1. The number of aryl methyl sites for hydroxylation is 1. The fraction of sp³-hybridized carbons (Fsp3) is 0.421. The Balaban J connectivity index is 1.56. The van der Waals surface area contributed by atoms with E-state index in [1.54, 1.807) is 30.0 Å². The average molecular weight is 356 g/mol. The van der Waals surface area contributed by atoms with Crippen LogP contribution in [-0.4, -0.2) is 53.2 Å². The molecule has 1 fully saturated rings. The molecule has 138 valence electrons. The van der Waals surface area contributed by atoms with E-state index < -0.39 is 6.04 Å². The minimum Gasteiger partial charge on any atom is -0.497 e. The van der Waals surface area contributed by atoms with E-state index in [4.69, 9.17) is 4.74 Å². The van der Waals surface area contributed by atoms with Gasteiger partial charge in [-0.3, -0.25) is 14.7 Å². The molecule has 1 aliphatic rings. The van der Waals surface area contributed by atoms with Crippen molar-refractivity contribution in [3.8, 4) is 5.75 Å². The molecular weight excluding hydrogens is 332 g/mol. The summed E-state index contributed by atoms with van der Waals surface area (Å²) in [6.45, 7) is 2.85. The lowest BCUT2D eigenvalue weighted by atomic mass is 10.1. The van der Waals surface area contributed by atoms with E-state index in [-0.39, 0.29) is 11.8 Å². The third-order valence-corrected chi connectivity index (χ3v) is 4.77. The van der Waals surface area contributed by atoms with Gasteiger partial charge in [0.2, 0.25) is 11.8 Å². The number of rotatable bonds is 6. The second-order valence-corrected chi connectivity index (χ2v) is 6.41. The van der Waals surface area contributed by atoms with Crippen LogP contribution in [0.15, 0.2) is 36.7 Å². The first-order chi connectivity index (χ1) is 12.6. The lowest BCUT2D eigenvalue weighted by Gasteiger charge is -2.39. The maximum atomic E-state index is 12.7. The van der Waals surface area contributed by atoms with Crippen molar-refractivity contribution in [2.75, 3.05) is 25.1 Å². The maximum absolute atomic E-state index is 12.7. The Hall–Kier alpha value is -2.83. The smallest absolute Gasteiger partial charge is 0.249 e. The first-order valence-electron chi connectivity index (χ1n) is 8.82. The average Bonchev–Trinajstić information content (AvgIpc) is 3.17. The van der Waals surface area contributed by atoms with Crippen LogP contribution in [0.3, 0.4) is 0 Å². The van der Waals surface area contributed by atoms with Crippen LogP contribution in [0.25, 0.3) is 0 Å². The summed E-state index contributed by atoms with van der Waals surface area (Å²) in [4.78, 5) is 28.7. The van der Waals surface area contributed by atoms with Crippen molar-refractivity contribution in [1.82, 2.24) is 15.1 Å². The van der Waals surface area contributed by atoms with Crippen molar-refractivity contribution in [3.63, 3.8) is 0 Å². The predicted molar refractivity (Wildman–Crippen MR) is 98.0 cm³/mol. The van der Waals surface area contributed by atoms with E-state index in [0.717, 1.165) is 29.8 Å². The highest BCUT2D eigenvalue weighted by Crippen LogP contribution is 2.23. The number of anilines is 1. The zero-order chi connectivity index (χ0) is 18.5. The standard InChI is InChI=1S/C19H24N4O3/c1-14-19(25)23(16-6-8-17(26-2)9-7-16)11-10-22(14)18(24)5-3-4-15-12-20-21-13-15/h6-9,12-14H,3-5,10-11H2,1-2H3,(H,20,21)/t14-/m1/s1. The van der Waals surface area contributed by atoms with Gasteiger partial charge in [0.05, 0.1) is 13.3 Å². The normalized spacial score (nSPS) is 17.5. The topological polar surface area (TPSA) is 78.5 Å². The van der Waals surface area contributed by atoms with Gasteiger partial charge in [0, 0.05) is 31.4 Å². The van der Waals surface area contributed by atoms with E-state index in [2.05, 4.69) is 10.2 Å². The molecule has 0 unspecified atom stereocenters. The number of amides is 2. The molecule has 0 saturated carbocycles. The Bertz CT molecular complexity index is 743. The SMILES string of the molecule is COc1ccc(N2CCN(C(=O)CCCc3cn[nH]c3)[C@H](C)C2=O)cc1. The molecule has 26 heavy (non-hydrogen) atoms. The quantitative estimate of drug-likeness (QED) is 0.859. The highest BCUT2D eigenvalue weighted by atomic mass is 16.5. The van der Waals surface area contributed by atoms with Crippen LogP contribution in [0.4, 0.5) is 5.69 Å². The number of H-pyrrole nitrogens is 1. The Morgan fingerprint density at radius 3 is 2.73 bits per heavy atom. The largest absolute Gasteiger partial charge is 0.497 e. The van der Waals surface area contributed by atoms with Crippen molar-refractivity contribution >= 4 is 17.5 Å². The monoisotopic (exact) mass is 356 g/mol. The minimum atomic E-state index is -0.452. The summed E-state index contributed by atoms with van der Waals surface area (Å²) >= 11 is 0. The predicted octanol–water partition coefficient (Wildman–Crippen LogP) is 2.00. The molecular formula is C19H24N4O3. The van der Waals surface area contributed by atoms with E-state index in [1.807, 2.05) is 30.5 Å². The number of methoxy groups -OCH3 is 1. The molecule has 1 atom stereocenters. The van der Waals surface area contributed by atoms with E-state index in [0.29, 0.717) is 19.5 Å². The third kappa shape index (κ3) is 3.87. The van der Waals surface area contributed by atoms with Gasteiger partial charge in [-0.05, 0) is 49.6 Å². The van der Waals surface area contributed by atoms with E-state index >= 15 is 0 Å². The van der Waals surface area contributed by atoms with Gasteiger partial charge in [-0.15, -0.1) is 0 Å². The Morgan fingerprint density at radius 2 is 2.08 bits per heavy atom. The van der Waals surface area contributed by atoms with Gasteiger partial charge in [-0.25, -0.2) is 0 Å². The number of aromatic amines is 1. The molecule has 7 nitrogen and oxygen atoms in total.